The van der Waals surface area contributed by atoms with E-state index >= 15 is 0 Å². The minimum absolute atomic E-state index is 0.0700. The summed E-state index contributed by atoms with van der Waals surface area (Å²) in [5.41, 5.74) is 2.11. The third-order valence-electron chi connectivity index (χ3n) is 1.89. The molecule has 0 saturated carbocycles. The van der Waals surface area contributed by atoms with Crippen molar-refractivity contribution in [1.82, 2.24) is 10.3 Å². The number of pyridine rings is 1. The van der Waals surface area contributed by atoms with Crippen LogP contribution in [0.3, 0.4) is 0 Å². The minimum atomic E-state index is 0.0700. The van der Waals surface area contributed by atoms with Crippen LogP contribution < -0.4 is 5.32 Å². The van der Waals surface area contributed by atoms with Crippen LogP contribution in [0.1, 0.15) is 17.7 Å². The highest BCUT2D eigenvalue weighted by atomic mass is 16.1. The van der Waals surface area contributed by atoms with Crippen LogP contribution in [0.5, 0.6) is 0 Å². The van der Waals surface area contributed by atoms with E-state index in [-0.39, 0.29) is 5.91 Å². The molecule has 1 aromatic heterocycles. The molecule has 0 aliphatic rings. The monoisotopic (exact) mass is 178 g/mol. The molecule has 0 aliphatic heterocycles. The summed E-state index contributed by atoms with van der Waals surface area (Å²) in [4.78, 5) is 15.1. The van der Waals surface area contributed by atoms with Crippen LogP contribution in [0.25, 0.3) is 0 Å². The van der Waals surface area contributed by atoms with Gasteiger partial charge in [0.2, 0.25) is 5.91 Å². The third-order valence-corrected chi connectivity index (χ3v) is 1.89. The molecule has 3 nitrogen and oxygen atoms in total. The number of amides is 1. The summed E-state index contributed by atoms with van der Waals surface area (Å²) in [6, 6.07) is 3.96. The maximum absolute atomic E-state index is 10.9. The Balaban J connectivity index is 2.46. The molecule has 0 radical (unpaired) electrons. The Kier molecular flexibility index (Phi) is 3.43. The van der Waals surface area contributed by atoms with E-state index in [1.807, 2.05) is 25.3 Å². The van der Waals surface area contributed by atoms with Gasteiger partial charge in [-0.05, 0) is 25.0 Å². The van der Waals surface area contributed by atoms with Crippen molar-refractivity contribution >= 4 is 5.91 Å². The number of carbonyl (C=O) groups is 1. The zero-order valence-electron chi connectivity index (χ0n) is 8.00. The Hall–Kier alpha value is -1.38. The van der Waals surface area contributed by atoms with Gasteiger partial charge in [-0.3, -0.25) is 9.78 Å². The summed E-state index contributed by atoms with van der Waals surface area (Å²) < 4.78 is 0. The number of aromatic nitrogens is 1. The molecular formula is C10H14N2O. The normalized spacial score (nSPS) is 9.69. The van der Waals surface area contributed by atoms with E-state index in [0.29, 0.717) is 6.42 Å². The fourth-order valence-electron chi connectivity index (χ4n) is 1.03. The Morgan fingerprint density at radius 2 is 2.31 bits per heavy atom. The number of carbonyl (C=O) groups excluding carboxylic acids is 1. The van der Waals surface area contributed by atoms with Crippen molar-refractivity contribution in [3.63, 3.8) is 0 Å². The van der Waals surface area contributed by atoms with Crippen LogP contribution in [0.2, 0.25) is 0 Å². The summed E-state index contributed by atoms with van der Waals surface area (Å²) in [7, 11) is 1.65. The second-order valence-corrected chi connectivity index (χ2v) is 2.98. The highest BCUT2D eigenvalue weighted by Gasteiger charge is 1.99. The van der Waals surface area contributed by atoms with Gasteiger partial charge in [0, 0.05) is 25.4 Å². The molecule has 0 aromatic carbocycles. The van der Waals surface area contributed by atoms with Crippen LogP contribution in [-0.2, 0) is 11.2 Å². The van der Waals surface area contributed by atoms with E-state index in [1.165, 1.54) is 0 Å². The van der Waals surface area contributed by atoms with Gasteiger partial charge in [-0.2, -0.15) is 0 Å². The first-order valence-corrected chi connectivity index (χ1v) is 4.34. The van der Waals surface area contributed by atoms with Crippen LogP contribution in [0.15, 0.2) is 18.3 Å². The lowest BCUT2D eigenvalue weighted by molar-refractivity contribution is -0.120. The summed E-state index contributed by atoms with van der Waals surface area (Å²) in [5.74, 6) is 0.0700. The predicted octanol–water partition coefficient (Wildman–Crippen LogP) is 1.07. The second-order valence-electron chi connectivity index (χ2n) is 2.98. The predicted molar refractivity (Wildman–Crippen MR) is 51.4 cm³/mol. The maximum Gasteiger partial charge on any atom is 0.220 e. The summed E-state index contributed by atoms with van der Waals surface area (Å²) >= 11 is 0. The largest absolute Gasteiger partial charge is 0.359 e. The van der Waals surface area contributed by atoms with Gasteiger partial charge in [0.15, 0.2) is 0 Å². The molecular weight excluding hydrogens is 164 g/mol. The van der Waals surface area contributed by atoms with E-state index in [2.05, 4.69) is 10.3 Å². The third kappa shape index (κ3) is 3.23. The summed E-state index contributed by atoms with van der Waals surface area (Å²) in [6.07, 6.45) is 3.10. The van der Waals surface area contributed by atoms with Crippen LogP contribution >= 0.6 is 0 Å². The first kappa shape index (κ1) is 9.71. The second kappa shape index (κ2) is 4.60. The van der Waals surface area contributed by atoms with Crippen molar-refractivity contribution < 1.29 is 4.79 Å². The highest BCUT2D eigenvalue weighted by molar-refractivity contribution is 5.75. The van der Waals surface area contributed by atoms with Crippen molar-refractivity contribution in [2.45, 2.75) is 19.8 Å². The highest BCUT2D eigenvalue weighted by Crippen LogP contribution is 2.02. The van der Waals surface area contributed by atoms with Crippen LogP contribution in [0, 0.1) is 6.92 Å². The molecule has 3 heteroatoms. The number of nitrogens with one attached hydrogen (secondary N) is 1. The van der Waals surface area contributed by atoms with Crippen LogP contribution in [-0.4, -0.2) is 17.9 Å². The fourth-order valence-corrected chi connectivity index (χ4v) is 1.03. The van der Waals surface area contributed by atoms with Gasteiger partial charge >= 0.3 is 0 Å². The first-order chi connectivity index (χ1) is 6.22. The Labute approximate surface area is 78.2 Å². The van der Waals surface area contributed by atoms with E-state index < -0.39 is 0 Å². The van der Waals surface area contributed by atoms with Crippen molar-refractivity contribution in [1.29, 1.82) is 0 Å². The molecule has 1 heterocycles. The molecule has 0 unspecified atom stereocenters. The zero-order chi connectivity index (χ0) is 9.68. The number of aryl methyl sites for hydroxylation is 2. The molecule has 1 amide bonds. The molecule has 70 valence electrons. The van der Waals surface area contributed by atoms with Crippen molar-refractivity contribution in [2.75, 3.05) is 7.05 Å². The van der Waals surface area contributed by atoms with Crippen molar-refractivity contribution in [3.05, 3.63) is 29.6 Å². The SMILES string of the molecule is CNC(=O)CCc1ccc(C)nc1. The van der Waals surface area contributed by atoms with Gasteiger partial charge in [-0.25, -0.2) is 0 Å². The van der Waals surface area contributed by atoms with Gasteiger partial charge in [-0.15, -0.1) is 0 Å². The number of rotatable bonds is 3. The van der Waals surface area contributed by atoms with Gasteiger partial charge in [0.1, 0.15) is 0 Å². The van der Waals surface area contributed by atoms with E-state index in [9.17, 15) is 4.79 Å². The standard InChI is InChI=1S/C10H14N2O/c1-8-3-4-9(7-12-8)5-6-10(13)11-2/h3-4,7H,5-6H2,1-2H3,(H,11,13). The quantitative estimate of drug-likeness (QED) is 0.752. The summed E-state index contributed by atoms with van der Waals surface area (Å²) in [6.45, 7) is 1.95. The average Bonchev–Trinajstić information content (AvgIpc) is 2.16. The molecule has 1 rings (SSSR count). The minimum Gasteiger partial charge on any atom is -0.359 e. The Bertz CT molecular complexity index is 279. The molecule has 0 atom stereocenters. The molecule has 0 bridgehead atoms. The van der Waals surface area contributed by atoms with Gasteiger partial charge in [0.05, 0.1) is 0 Å². The van der Waals surface area contributed by atoms with E-state index in [0.717, 1.165) is 17.7 Å². The molecule has 0 saturated heterocycles. The number of hydrogen-bond donors (Lipinski definition) is 1. The Morgan fingerprint density at radius 1 is 1.54 bits per heavy atom. The smallest absolute Gasteiger partial charge is 0.220 e. The van der Waals surface area contributed by atoms with Gasteiger partial charge < -0.3 is 5.32 Å². The topological polar surface area (TPSA) is 42.0 Å². The van der Waals surface area contributed by atoms with Crippen molar-refractivity contribution in [2.24, 2.45) is 0 Å². The number of hydrogen-bond acceptors (Lipinski definition) is 2. The van der Waals surface area contributed by atoms with E-state index in [4.69, 9.17) is 0 Å². The molecule has 1 N–H and O–H groups in total. The fraction of sp³-hybridized carbons (Fsp3) is 0.400. The molecule has 13 heavy (non-hydrogen) atoms. The molecule has 0 fully saturated rings. The lowest BCUT2D eigenvalue weighted by atomic mass is 10.1. The lowest BCUT2D eigenvalue weighted by Crippen LogP contribution is -2.17. The van der Waals surface area contributed by atoms with Crippen LogP contribution in [0.4, 0.5) is 0 Å². The Morgan fingerprint density at radius 3 is 2.85 bits per heavy atom. The molecule has 1 aromatic rings. The lowest BCUT2D eigenvalue weighted by Gasteiger charge is -2.00. The number of nitrogens with zero attached hydrogens (tertiary/aromatic N) is 1. The molecule has 0 aliphatic carbocycles. The molecule has 0 spiro atoms. The maximum atomic E-state index is 10.9. The summed E-state index contributed by atoms with van der Waals surface area (Å²) in [5, 5.41) is 2.59. The first-order valence-electron chi connectivity index (χ1n) is 4.34. The van der Waals surface area contributed by atoms with Gasteiger partial charge in [0.25, 0.3) is 0 Å². The van der Waals surface area contributed by atoms with E-state index in [1.54, 1.807) is 7.05 Å². The average molecular weight is 178 g/mol. The van der Waals surface area contributed by atoms with Crippen molar-refractivity contribution in [3.8, 4) is 0 Å². The zero-order valence-corrected chi connectivity index (χ0v) is 8.00. The van der Waals surface area contributed by atoms with Gasteiger partial charge in [-0.1, -0.05) is 6.07 Å².